The van der Waals surface area contributed by atoms with Gasteiger partial charge in [0.15, 0.2) is 0 Å². The van der Waals surface area contributed by atoms with Crippen LogP contribution in [0.4, 0.5) is 0 Å². The summed E-state index contributed by atoms with van der Waals surface area (Å²) in [4.78, 5) is 26.9. The van der Waals surface area contributed by atoms with E-state index in [1.165, 1.54) is 5.56 Å². The highest BCUT2D eigenvalue weighted by Crippen LogP contribution is 2.22. The molecular weight excluding hydrogens is 374 g/mol. The quantitative estimate of drug-likeness (QED) is 0.601. The molecule has 1 aliphatic heterocycles. The van der Waals surface area contributed by atoms with Gasteiger partial charge in [0.1, 0.15) is 0 Å². The molecule has 1 N–H and O–H groups in total. The number of carbonyl (C=O) groups excluding carboxylic acids is 2. The summed E-state index contributed by atoms with van der Waals surface area (Å²) >= 11 is 0. The molecular formula is C25H29N3O2. The maximum absolute atomic E-state index is 12.9. The molecule has 0 radical (unpaired) electrons. The maximum Gasteiger partial charge on any atom is 0.253 e. The molecule has 0 spiro atoms. The van der Waals surface area contributed by atoms with E-state index in [4.69, 9.17) is 0 Å². The third-order valence-corrected chi connectivity index (χ3v) is 5.79. The van der Waals surface area contributed by atoms with Crippen LogP contribution in [-0.4, -0.2) is 40.9 Å². The molecule has 2 heterocycles. The summed E-state index contributed by atoms with van der Waals surface area (Å²) in [6, 6.07) is 18.3. The number of carbonyl (C=O) groups is 2. The van der Waals surface area contributed by atoms with Crippen molar-refractivity contribution in [2.45, 2.75) is 38.6 Å². The average Bonchev–Trinajstić information content (AvgIpc) is 3.00. The standard InChI is InChI=1S/C25H29N3O2/c29-24-14-5-2-8-16-27(24)17-9-15-26-25(30)22-19-28(18-20-10-3-1-4-11-20)23-13-7-6-12-21(22)23/h1,3-4,6-7,10-13,19H,2,5,8-9,14-18H2,(H,26,30). The number of fused-ring (bicyclic) bond motifs is 1. The van der Waals surface area contributed by atoms with Gasteiger partial charge >= 0.3 is 0 Å². The second-order valence-corrected chi connectivity index (χ2v) is 7.97. The van der Waals surface area contributed by atoms with Gasteiger partial charge in [-0.1, -0.05) is 55.0 Å². The van der Waals surface area contributed by atoms with E-state index in [2.05, 4.69) is 28.1 Å². The summed E-state index contributed by atoms with van der Waals surface area (Å²) in [7, 11) is 0. The highest BCUT2D eigenvalue weighted by atomic mass is 16.2. The minimum Gasteiger partial charge on any atom is -0.352 e. The summed E-state index contributed by atoms with van der Waals surface area (Å²) in [5, 5.41) is 4.01. The molecule has 0 aliphatic carbocycles. The van der Waals surface area contributed by atoms with Crippen molar-refractivity contribution in [3.63, 3.8) is 0 Å². The summed E-state index contributed by atoms with van der Waals surface area (Å²) in [6.45, 7) is 2.86. The van der Waals surface area contributed by atoms with Crippen molar-refractivity contribution in [3.8, 4) is 0 Å². The van der Waals surface area contributed by atoms with Crippen LogP contribution in [0.5, 0.6) is 0 Å². The predicted molar refractivity (Wildman–Crippen MR) is 119 cm³/mol. The van der Waals surface area contributed by atoms with Crippen LogP contribution >= 0.6 is 0 Å². The molecule has 1 fully saturated rings. The first-order valence-corrected chi connectivity index (χ1v) is 10.9. The Morgan fingerprint density at radius 1 is 0.967 bits per heavy atom. The van der Waals surface area contributed by atoms with E-state index in [0.29, 0.717) is 18.5 Å². The van der Waals surface area contributed by atoms with Crippen molar-refractivity contribution in [2.75, 3.05) is 19.6 Å². The number of nitrogens with one attached hydrogen (secondary N) is 1. The Morgan fingerprint density at radius 2 is 1.77 bits per heavy atom. The maximum atomic E-state index is 12.9. The van der Waals surface area contributed by atoms with Crippen LogP contribution < -0.4 is 5.32 Å². The first kappa shape index (κ1) is 20.2. The Kier molecular flexibility index (Phi) is 6.47. The summed E-state index contributed by atoms with van der Waals surface area (Å²) < 4.78 is 2.13. The monoisotopic (exact) mass is 403 g/mol. The van der Waals surface area contributed by atoms with Gasteiger partial charge in [0, 0.05) is 49.7 Å². The van der Waals surface area contributed by atoms with E-state index in [0.717, 1.165) is 56.2 Å². The van der Waals surface area contributed by atoms with Gasteiger partial charge in [-0.2, -0.15) is 0 Å². The van der Waals surface area contributed by atoms with Gasteiger partial charge in [-0.3, -0.25) is 9.59 Å². The number of nitrogens with zero attached hydrogens (tertiary/aromatic N) is 2. The molecule has 1 aromatic heterocycles. The van der Waals surface area contributed by atoms with Gasteiger partial charge in [0.25, 0.3) is 5.91 Å². The molecule has 2 aromatic carbocycles. The molecule has 30 heavy (non-hydrogen) atoms. The van der Waals surface area contributed by atoms with Crippen LogP contribution in [0, 0.1) is 0 Å². The van der Waals surface area contributed by atoms with Crippen LogP contribution in [0.3, 0.4) is 0 Å². The van der Waals surface area contributed by atoms with Crippen LogP contribution in [0.15, 0.2) is 60.8 Å². The lowest BCUT2D eigenvalue weighted by Gasteiger charge is -2.20. The van der Waals surface area contributed by atoms with Gasteiger partial charge in [0.2, 0.25) is 5.91 Å². The molecule has 1 aliphatic rings. The van der Waals surface area contributed by atoms with Gasteiger partial charge < -0.3 is 14.8 Å². The molecule has 0 saturated carbocycles. The Balaban J connectivity index is 1.40. The minimum atomic E-state index is -0.0554. The van der Waals surface area contributed by atoms with Crippen LogP contribution in [0.2, 0.25) is 0 Å². The highest BCUT2D eigenvalue weighted by Gasteiger charge is 2.17. The van der Waals surface area contributed by atoms with Gasteiger partial charge in [-0.25, -0.2) is 0 Å². The van der Waals surface area contributed by atoms with Gasteiger partial charge in [-0.05, 0) is 30.9 Å². The lowest BCUT2D eigenvalue weighted by molar-refractivity contribution is -0.130. The zero-order chi connectivity index (χ0) is 20.8. The smallest absolute Gasteiger partial charge is 0.253 e. The first-order valence-electron chi connectivity index (χ1n) is 10.9. The third-order valence-electron chi connectivity index (χ3n) is 5.79. The molecule has 5 nitrogen and oxygen atoms in total. The Morgan fingerprint density at radius 3 is 2.63 bits per heavy atom. The second-order valence-electron chi connectivity index (χ2n) is 7.97. The van der Waals surface area contributed by atoms with Gasteiger partial charge in [0.05, 0.1) is 5.56 Å². The molecule has 1 saturated heterocycles. The average molecular weight is 404 g/mol. The normalized spacial score (nSPS) is 14.7. The van der Waals surface area contributed by atoms with Crippen LogP contribution in [-0.2, 0) is 11.3 Å². The fourth-order valence-corrected chi connectivity index (χ4v) is 4.18. The topological polar surface area (TPSA) is 54.3 Å². The van der Waals surface area contributed by atoms with E-state index >= 15 is 0 Å². The Hall–Kier alpha value is -3.08. The van der Waals surface area contributed by atoms with E-state index in [1.807, 2.05) is 47.5 Å². The highest BCUT2D eigenvalue weighted by molar-refractivity contribution is 6.07. The number of amides is 2. The zero-order valence-electron chi connectivity index (χ0n) is 17.3. The van der Waals surface area contributed by atoms with Crippen LogP contribution in [0.1, 0.15) is 48.0 Å². The molecule has 156 valence electrons. The van der Waals surface area contributed by atoms with Crippen molar-refractivity contribution in [3.05, 3.63) is 71.9 Å². The molecule has 4 rings (SSSR count). The van der Waals surface area contributed by atoms with Crippen molar-refractivity contribution in [1.29, 1.82) is 0 Å². The molecule has 0 unspecified atom stereocenters. The molecule has 2 amide bonds. The first-order chi connectivity index (χ1) is 14.7. The number of hydrogen-bond acceptors (Lipinski definition) is 2. The Bertz CT molecular complexity index is 1010. The third kappa shape index (κ3) is 4.73. The predicted octanol–water partition coefficient (Wildman–Crippen LogP) is 4.21. The van der Waals surface area contributed by atoms with E-state index in [1.54, 1.807) is 0 Å². The zero-order valence-corrected chi connectivity index (χ0v) is 17.3. The Labute approximate surface area is 177 Å². The van der Waals surface area contributed by atoms with Crippen molar-refractivity contribution < 1.29 is 9.59 Å². The van der Waals surface area contributed by atoms with E-state index in [9.17, 15) is 9.59 Å². The number of para-hydroxylation sites is 1. The molecule has 0 bridgehead atoms. The number of benzene rings is 2. The SMILES string of the molecule is O=C(NCCCN1CCCCCC1=O)c1cn(Cc2ccccc2)c2ccccc12. The largest absolute Gasteiger partial charge is 0.352 e. The van der Waals surface area contributed by atoms with E-state index < -0.39 is 0 Å². The van der Waals surface area contributed by atoms with Crippen molar-refractivity contribution in [1.82, 2.24) is 14.8 Å². The lowest BCUT2D eigenvalue weighted by Crippen LogP contribution is -2.33. The molecule has 3 aromatic rings. The second kappa shape index (κ2) is 9.61. The number of likely N-dealkylation sites (tertiary alicyclic amines) is 1. The summed E-state index contributed by atoms with van der Waals surface area (Å²) in [5.74, 6) is 0.197. The molecule has 0 atom stereocenters. The molecule has 5 heteroatoms. The van der Waals surface area contributed by atoms with Crippen LogP contribution in [0.25, 0.3) is 10.9 Å². The van der Waals surface area contributed by atoms with E-state index in [-0.39, 0.29) is 11.8 Å². The van der Waals surface area contributed by atoms with Crippen molar-refractivity contribution >= 4 is 22.7 Å². The van der Waals surface area contributed by atoms with Gasteiger partial charge in [-0.15, -0.1) is 0 Å². The summed E-state index contributed by atoms with van der Waals surface area (Å²) in [6.07, 6.45) is 6.60. The fraction of sp³-hybridized carbons (Fsp3) is 0.360. The number of aromatic nitrogens is 1. The number of hydrogen-bond donors (Lipinski definition) is 1. The summed E-state index contributed by atoms with van der Waals surface area (Å²) in [5.41, 5.74) is 2.96. The minimum absolute atomic E-state index is 0.0554. The fourth-order valence-electron chi connectivity index (χ4n) is 4.18. The number of rotatable bonds is 7. The lowest BCUT2D eigenvalue weighted by atomic mass is 10.1. The van der Waals surface area contributed by atoms with Crippen molar-refractivity contribution in [2.24, 2.45) is 0 Å².